The van der Waals surface area contributed by atoms with Crippen molar-refractivity contribution in [3.63, 3.8) is 0 Å². The van der Waals surface area contributed by atoms with E-state index in [0.717, 1.165) is 11.1 Å². The number of ether oxygens (including phenoxy) is 2. The van der Waals surface area contributed by atoms with E-state index in [2.05, 4.69) is 0 Å². The Morgan fingerprint density at radius 1 is 0.636 bits per heavy atom. The van der Waals surface area contributed by atoms with E-state index in [-0.39, 0.29) is 16.4 Å². The van der Waals surface area contributed by atoms with Gasteiger partial charge in [0.25, 0.3) is 0 Å². The summed E-state index contributed by atoms with van der Waals surface area (Å²) in [5, 5.41) is 10.2. The molecule has 0 saturated carbocycles. The second-order valence-corrected chi connectivity index (χ2v) is 9.41. The number of benzene rings is 4. The van der Waals surface area contributed by atoms with Crippen LogP contribution in [0.4, 0.5) is 0 Å². The highest BCUT2D eigenvalue weighted by atomic mass is 32.2. The molecule has 4 rings (SSSR count). The van der Waals surface area contributed by atoms with Crippen molar-refractivity contribution < 1.29 is 23.0 Å². The zero-order valence-corrected chi connectivity index (χ0v) is 18.7. The minimum absolute atomic E-state index is 0.0700. The molecule has 33 heavy (non-hydrogen) atoms. The smallest absolute Gasteiger partial charge is 0.206 e. The number of sulfone groups is 1. The molecule has 0 amide bonds. The molecule has 0 radical (unpaired) electrons. The molecule has 1 atom stereocenters. The monoisotopic (exact) mass is 460 g/mol. The summed E-state index contributed by atoms with van der Waals surface area (Å²) in [4.78, 5) is 0.346. The van der Waals surface area contributed by atoms with Crippen LogP contribution in [0.2, 0.25) is 0 Å². The van der Waals surface area contributed by atoms with Crippen LogP contribution in [0, 0.1) is 0 Å². The van der Waals surface area contributed by atoms with Crippen LogP contribution in [-0.4, -0.2) is 20.1 Å². The van der Waals surface area contributed by atoms with Gasteiger partial charge in [-0.25, -0.2) is 8.42 Å². The summed E-state index contributed by atoms with van der Waals surface area (Å²) >= 11 is 0. The van der Waals surface area contributed by atoms with Gasteiger partial charge in [0.2, 0.25) is 9.84 Å². The van der Waals surface area contributed by atoms with Crippen LogP contribution >= 0.6 is 0 Å². The van der Waals surface area contributed by atoms with Gasteiger partial charge in [-0.1, -0.05) is 60.7 Å². The lowest BCUT2D eigenvalue weighted by Crippen LogP contribution is -2.09. The highest BCUT2D eigenvalue weighted by Crippen LogP contribution is 2.25. The van der Waals surface area contributed by atoms with Crippen LogP contribution < -0.4 is 9.47 Å². The summed E-state index contributed by atoms with van der Waals surface area (Å²) in [6.45, 7) is 0.480. The Morgan fingerprint density at radius 3 is 1.67 bits per heavy atom. The Morgan fingerprint density at radius 2 is 1.12 bits per heavy atom. The summed E-state index contributed by atoms with van der Waals surface area (Å²) in [7, 11) is -3.67. The SMILES string of the molecule is O=S(=O)(c1ccc(OCc2ccccc2)cc1)c1ccc(OCC(O)c2ccccc2)cc1. The first kappa shape index (κ1) is 22.6. The fraction of sp³-hybridized carbons (Fsp3) is 0.111. The summed E-state index contributed by atoms with van der Waals surface area (Å²) < 4.78 is 37.3. The van der Waals surface area contributed by atoms with Crippen molar-refractivity contribution >= 4 is 9.84 Å². The Labute approximate surface area is 193 Å². The summed E-state index contributed by atoms with van der Waals surface area (Å²) in [5.74, 6) is 1.08. The standard InChI is InChI=1S/C27H24O5S/c28-27(22-9-5-2-6-10-22)20-32-24-13-17-26(18-14-24)33(29,30)25-15-11-23(12-16-25)31-19-21-7-3-1-4-8-21/h1-18,27-28H,19-20H2. The van der Waals surface area contributed by atoms with Crippen molar-refractivity contribution in [1.82, 2.24) is 0 Å². The molecule has 0 spiro atoms. The van der Waals surface area contributed by atoms with Gasteiger partial charge < -0.3 is 14.6 Å². The third-order valence-corrected chi connectivity index (χ3v) is 6.89. The number of aliphatic hydroxyl groups is 1. The minimum Gasteiger partial charge on any atom is -0.491 e. The zero-order valence-electron chi connectivity index (χ0n) is 17.9. The van der Waals surface area contributed by atoms with E-state index in [1.54, 1.807) is 24.3 Å². The lowest BCUT2D eigenvalue weighted by atomic mass is 10.1. The van der Waals surface area contributed by atoms with E-state index in [0.29, 0.717) is 18.1 Å². The molecular weight excluding hydrogens is 436 g/mol. The van der Waals surface area contributed by atoms with E-state index in [9.17, 15) is 13.5 Å². The Balaban J connectivity index is 1.37. The second kappa shape index (κ2) is 10.3. The maximum atomic E-state index is 13.0. The molecule has 6 heteroatoms. The molecule has 0 aliphatic rings. The predicted molar refractivity (Wildman–Crippen MR) is 126 cm³/mol. The van der Waals surface area contributed by atoms with Crippen molar-refractivity contribution in [2.45, 2.75) is 22.5 Å². The van der Waals surface area contributed by atoms with Gasteiger partial charge in [0, 0.05) is 0 Å². The molecule has 1 unspecified atom stereocenters. The molecule has 0 aliphatic carbocycles. The van der Waals surface area contributed by atoms with E-state index in [1.165, 1.54) is 24.3 Å². The van der Waals surface area contributed by atoms with Gasteiger partial charge >= 0.3 is 0 Å². The van der Waals surface area contributed by atoms with Gasteiger partial charge in [0.05, 0.1) is 9.79 Å². The summed E-state index contributed by atoms with van der Waals surface area (Å²) in [6.07, 6.45) is -0.766. The van der Waals surface area contributed by atoms with Crippen LogP contribution in [0.5, 0.6) is 11.5 Å². The van der Waals surface area contributed by atoms with Gasteiger partial charge in [-0.15, -0.1) is 0 Å². The lowest BCUT2D eigenvalue weighted by molar-refractivity contribution is 0.108. The normalized spacial score (nSPS) is 12.2. The maximum absolute atomic E-state index is 13.0. The first-order valence-corrected chi connectivity index (χ1v) is 12.0. The van der Waals surface area contributed by atoms with E-state index in [1.807, 2.05) is 60.7 Å². The molecule has 0 aliphatic heterocycles. The molecule has 0 aromatic heterocycles. The highest BCUT2D eigenvalue weighted by Gasteiger charge is 2.18. The topological polar surface area (TPSA) is 72.8 Å². The van der Waals surface area contributed by atoms with Crippen LogP contribution in [0.15, 0.2) is 119 Å². The second-order valence-electron chi connectivity index (χ2n) is 7.46. The van der Waals surface area contributed by atoms with Crippen LogP contribution in [0.25, 0.3) is 0 Å². The van der Waals surface area contributed by atoms with Crippen LogP contribution in [-0.2, 0) is 16.4 Å². The zero-order chi connectivity index (χ0) is 23.1. The predicted octanol–water partition coefficient (Wildman–Crippen LogP) is 5.21. The Kier molecular flexibility index (Phi) is 7.07. The van der Waals surface area contributed by atoms with Crippen molar-refractivity contribution in [3.8, 4) is 11.5 Å². The largest absolute Gasteiger partial charge is 0.491 e. The number of hydrogen-bond donors (Lipinski definition) is 1. The third kappa shape index (κ3) is 5.80. The average Bonchev–Trinajstić information content (AvgIpc) is 2.87. The summed E-state index contributed by atoms with van der Waals surface area (Å²) in [6, 6.07) is 31.5. The fourth-order valence-electron chi connectivity index (χ4n) is 3.25. The van der Waals surface area contributed by atoms with Gasteiger partial charge in [-0.2, -0.15) is 0 Å². The van der Waals surface area contributed by atoms with Crippen LogP contribution in [0.3, 0.4) is 0 Å². The molecule has 168 valence electrons. The average molecular weight is 461 g/mol. The van der Waals surface area contributed by atoms with Gasteiger partial charge in [0.15, 0.2) is 0 Å². The molecule has 4 aromatic rings. The summed E-state index contributed by atoms with van der Waals surface area (Å²) in [5.41, 5.74) is 1.79. The van der Waals surface area contributed by atoms with E-state index < -0.39 is 15.9 Å². The quantitative estimate of drug-likeness (QED) is 0.371. The first-order chi connectivity index (χ1) is 16.0. The van der Waals surface area contributed by atoms with E-state index >= 15 is 0 Å². The Bertz CT molecular complexity index is 1250. The highest BCUT2D eigenvalue weighted by molar-refractivity contribution is 7.91. The van der Waals surface area contributed by atoms with Crippen LogP contribution in [0.1, 0.15) is 17.2 Å². The molecule has 0 heterocycles. The maximum Gasteiger partial charge on any atom is 0.206 e. The first-order valence-electron chi connectivity index (χ1n) is 10.5. The van der Waals surface area contributed by atoms with Crippen molar-refractivity contribution in [1.29, 1.82) is 0 Å². The Hall–Kier alpha value is -3.61. The molecule has 0 saturated heterocycles. The number of hydrogen-bond acceptors (Lipinski definition) is 5. The van der Waals surface area contributed by atoms with E-state index in [4.69, 9.17) is 9.47 Å². The molecule has 0 bridgehead atoms. The van der Waals surface area contributed by atoms with Gasteiger partial charge in [0.1, 0.15) is 30.8 Å². The molecule has 4 aromatic carbocycles. The molecule has 5 nitrogen and oxygen atoms in total. The van der Waals surface area contributed by atoms with Crippen molar-refractivity contribution in [3.05, 3.63) is 120 Å². The van der Waals surface area contributed by atoms with Crippen molar-refractivity contribution in [2.75, 3.05) is 6.61 Å². The number of rotatable bonds is 9. The molecule has 0 fully saturated rings. The minimum atomic E-state index is -3.67. The van der Waals surface area contributed by atoms with Gasteiger partial charge in [-0.05, 0) is 59.7 Å². The molecular formula is C27H24O5S. The third-order valence-electron chi connectivity index (χ3n) is 5.11. The van der Waals surface area contributed by atoms with Crippen molar-refractivity contribution in [2.24, 2.45) is 0 Å². The van der Waals surface area contributed by atoms with Gasteiger partial charge in [-0.3, -0.25) is 0 Å². The fourth-order valence-corrected chi connectivity index (χ4v) is 4.51. The number of aliphatic hydroxyl groups excluding tert-OH is 1. The molecule has 1 N–H and O–H groups in total. The lowest BCUT2D eigenvalue weighted by Gasteiger charge is -2.13.